The highest BCUT2D eigenvalue weighted by Crippen LogP contribution is 2.22. The molecule has 138 valence electrons. The summed E-state index contributed by atoms with van der Waals surface area (Å²) in [4.78, 5) is 36.6. The van der Waals surface area contributed by atoms with Crippen LogP contribution in [0.15, 0.2) is 35.1 Å². The number of nitrogens with zero attached hydrogens (tertiary/aromatic N) is 2. The standard InChI is InChI=1S/C18H21ClN4O3/c1-4-9-23-16(24)8-7-14(22-23)18(26)21-15-10-12(19)5-6-13(15)17(25)20-11(2)3/h5-8,10-11H,4,9H2,1-3H3,(H,20,25)(H,21,26). The molecule has 2 amide bonds. The minimum atomic E-state index is -0.532. The van der Waals surface area contributed by atoms with E-state index in [0.29, 0.717) is 23.6 Å². The molecule has 0 saturated heterocycles. The predicted octanol–water partition coefficient (Wildman–Crippen LogP) is 2.70. The van der Waals surface area contributed by atoms with E-state index in [4.69, 9.17) is 11.6 Å². The SMILES string of the molecule is CCCn1nc(C(=O)Nc2cc(Cl)ccc2C(=O)NC(C)C)ccc1=O. The molecule has 0 atom stereocenters. The number of benzene rings is 1. The van der Waals surface area contributed by atoms with Gasteiger partial charge >= 0.3 is 0 Å². The van der Waals surface area contributed by atoms with Crippen LogP contribution in [0.25, 0.3) is 0 Å². The predicted molar refractivity (Wildman–Crippen MR) is 101 cm³/mol. The fourth-order valence-corrected chi connectivity index (χ4v) is 2.46. The maximum absolute atomic E-state index is 12.5. The first-order valence-electron chi connectivity index (χ1n) is 8.31. The summed E-state index contributed by atoms with van der Waals surface area (Å²) in [6.45, 7) is 6.01. The van der Waals surface area contributed by atoms with Gasteiger partial charge < -0.3 is 10.6 Å². The molecule has 2 rings (SSSR count). The number of aromatic nitrogens is 2. The van der Waals surface area contributed by atoms with Gasteiger partial charge in [0, 0.05) is 23.7 Å². The number of anilines is 1. The van der Waals surface area contributed by atoms with E-state index in [1.165, 1.54) is 22.9 Å². The number of amides is 2. The summed E-state index contributed by atoms with van der Waals surface area (Å²) in [6.07, 6.45) is 0.714. The Balaban J connectivity index is 2.31. The van der Waals surface area contributed by atoms with Crippen LogP contribution in [0.1, 0.15) is 48.0 Å². The normalized spacial score (nSPS) is 10.7. The van der Waals surface area contributed by atoms with E-state index < -0.39 is 5.91 Å². The molecule has 0 spiro atoms. The smallest absolute Gasteiger partial charge is 0.276 e. The largest absolute Gasteiger partial charge is 0.350 e. The van der Waals surface area contributed by atoms with Crippen LogP contribution in [-0.4, -0.2) is 27.6 Å². The van der Waals surface area contributed by atoms with E-state index in [1.54, 1.807) is 12.1 Å². The Bertz CT molecular complexity index is 877. The summed E-state index contributed by atoms with van der Waals surface area (Å²) in [7, 11) is 0. The lowest BCUT2D eigenvalue weighted by Gasteiger charge is -2.14. The molecule has 0 aliphatic rings. The van der Waals surface area contributed by atoms with Crippen LogP contribution in [0.2, 0.25) is 5.02 Å². The van der Waals surface area contributed by atoms with Crippen molar-refractivity contribution in [2.45, 2.75) is 39.8 Å². The first kappa shape index (κ1) is 19.7. The quantitative estimate of drug-likeness (QED) is 0.810. The summed E-state index contributed by atoms with van der Waals surface area (Å²) in [5.74, 6) is -0.855. The van der Waals surface area contributed by atoms with E-state index in [-0.39, 0.29) is 28.9 Å². The first-order valence-corrected chi connectivity index (χ1v) is 8.69. The molecule has 0 aliphatic heterocycles. The molecular formula is C18H21ClN4O3. The van der Waals surface area contributed by atoms with Crippen LogP contribution >= 0.6 is 11.6 Å². The highest BCUT2D eigenvalue weighted by atomic mass is 35.5. The third-order valence-electron chi connectivity index (χ3n) is 3.43. The van der Waals surface area contributed by atoms with Crippen LogP contribution in [0.5, 0.6) is 0 Å². The molecule has 26 heavy (non-hydrogen) atoms. The molecule has 1 aromatic heterocycles. The van der Waals surface area contributed by atoms with Crippen molar-refractivity contribution < 1.29 is 9.59 Å². The minimum absolute atomic E-state index is 0.0546. The number of nitrogens with one attached hydrogen (secondary N) is 2. The van der Waals surface area contributed by atoms with Crippen LogP contribution in [0.4, 0.5) is 5.69 Å². The van der Waals surface area contributed by atoms with Crippen molar-refractivity contribution in [3.05, 3.63) is 57.0 Å². The molecule has 1 heterocycles. The van der Waals surface area contributed by atoms with Crippen molar-refractivity contribution in [1.29, 1.82) is 0 Å². The second-order valence-electron chi connectivity index (χ2n) is 6.05. The van der Waals surface area contributed by atoms with E-state index in [0.717, 1.165) is 0 Å². The summed E-state index contributed by atoms with van der Waals surface area (Å²) in [5.41, 5.74) is 0.366. The molecule has 0 radical (unpaired) electrons. The van der Waals surface area contributed by atoms with Crippen LogP contribution in [0.3, 0.4) is 0 Å². The maximum atomic E-state index is 12.5. The Kier molecular flexibility index (Phi) is 6.52. The van der Waals surface area contributed by atoms with Crippen molar-refractivity contribution in [1.82, 2.24) is 15.1 Å². The summed E-state index contributed by atoms with van der Waals surface area (Å²) >= 11 is 6.00. The highest BCUT2D eigenvalue weighted by molar-refractivity contribution is 6.31. The summed E-state index contributed by atoms with van der Waals surface area (Å²) < 4.78 is 1.24. The molecule has 2 aromatic rings. The molecule has 7 nitrogen and oxygen atoms in total. The molecule has 0 saturated carbocycles. The molecule has 0 bridgehead atoms. The van der Waals surface area contributed by atoms with E-state index >= 15 is 0 Å². The third-order valence-corrected chi connectivity index (χ3v) is 3.66. The topological polar surface area (TPSA) is 93.1 Å². The van der Waals surface area contributed by atoms with Gasteiger partial charge in [-0.3, -0.25) is 14.4 Å². The second kappa shape index (κ2) is 8.62. The van der Waals surface area contributed by atoms with Gasteiger partial charge in [-0.2, -0.15) is 5.10 Å². The lowest BCUT2D eigenvalue weighted by atomic mass is 10.1. The van der Waals surface area contributed by atoms with Crippen molar-refractivity contribution in [3.63, 3.8) is 0 Å². The fraction of sp³-hybridized carbons (Fsp3) is 0.333. The van der Waals surface area contributed by atoms with Crippen LogP contribution in [0, 0.1) is 0 Å². The third kappa shape index (κ3) is 4.92. The van der Waals surface area contributed by atoms with Gasteiger partial charge in [0.05, 0.1) is 11.3 Å². The Morgan fingerprint density at radius 2 is 1.92 bits per heavy atom. The van der Waals surface area contributed by atoms with Gasteiger partial charge in [-0.25, -0.2) is 4.68 Å². The van der Waals surface area contributed by atoms with Crippen LogP contribution < -0.4 is 16.2 Å². The fourth-order valence-electron chi connectivity index (χ4n) is 2.29. The van der Waals surface area contributed by atoms with Gasteiger partial charge in [0.25, 0.3) is 17.4 Å². The van der Waals surface area contributed by atoms with Crippen molar-refractivity contribution in [2.75, 3.05) is 5.32 Å². The van der Waals surface area contributed by atoms with Crippen molar-refractivity contribution >= 4 is 29.1 Å². The van der Waals surface area contributed by atoms with E-state index in [1.807, 2.05) is 20.8 Å². The lowest BCUT2D eigenvalue weighted by molar-refractivity contribution is 0.0944. The zero-order valence-corrected chi connectivity index (χ0v) is 15.6. The van der Waals surface area contributed by atoms with Gasteiger partial charge in [0.1, 0.15) is 5.69 Å². The number of halogens is 1. The Morgan fingerprint density at radius 3 is 2.58 bits per heavy atom. The number of carbonyl (C=O) groups excluding carboxylic acids is 2. The zero-order valence-electron chi connectivity index (χ0n) is 14.9. The number of hydrogen-bond acceptors (Lipinski definition) is 4. The Hall–Kier alpha value is -2.67. The van der Waals surface area contributed by atoms with Gasteiger partial charge in [0.15, 0.2) is 0 Å². The number of hydrogen-bond donors (Lipinski definition) is 2. The molecule has 0 aliphatic carbocycles. The summed E-state index contributed by atoms with van der Waals surface area (Å²) in [6, 6.07) is 7.20. The zero-order chi connectivity index (χ0) is 19.3. The average Bonchev–Trinajstić information content (AvgIpc) is 2.56. The molecule has 1 aromatic carbocycles. The summed E-state index contributed by atoms with van der Waals surface area (Å²) in [5, 5.41) is 9.86. The number of carbonyl (C=O) groups is 2. The van der Waals surface area contributed by atoms with Crippen molar-refractivity contribution in [3.8, 4) is 0 Å². The van der Waals surface area contributed by atoms with Gasteiger partial charge in [0.2, 0.25) is 0 Å². The Labute approximate surface area is 156 Å². The molecule has 0 unspecified atom stereocenters. The molecule has 0 fully saturated rings. The average molecular weight is 377 g/mol. The highest BCUT2D eigenvalue weighted by Gasteiger charge is 2.17. The number of aryl methyl sites for hydroxylation is 1. The minimum Gasteiger partial charge on any atom is -0.350 e. The van der Waals surface area contributed by atoms with E-state index in [9.17, 15) is 14.4 Å². The Morgan fingerprint density at radius 1 is 1.19 bits per heavy atom. The second-order valence-corrected chi connectivity index (χ2v) is 6.49. The first-order chi connectivity index (χ1) is 12.3. The maximum Gasteiger partial charge on any atom is 0.276 e. The van der Waals surface area contributed by atoms with Gasteiger partial charge in [-0.1, -0.05) is 18.5 Å². The lowest BCUT2D eigenvalue weighted by Crippen LogP contribution is -2.31. The molecule has 8 heteroatoms. The van der Waals surface area contributed by atoms with E-state index in [2.05, 4.69) is 15.7 Å². The van der Waals surface area contributed by atoms with Gasteiger partial charge in [-0.15, -0.1) is 0 Å². The monoisotopic (exact) mass is 376 g/mol. The van der Waals surface area contributed by atoms with Crippen LogP contribution in [-0.2, 0) is 6.54 Å². The van der Waals surface area contributed by atoms with Gasteiger partial charge in [-0.05, 0) is 44.5 Å². The van der Waals surface area contributed by atoms with Crippen molar-refractivity contribution in [2.24, 2.45) is 0 Å². The molecule has 2 N–H and O–H groups in total. The molecular weight excluding hydrogens is 356 g/mol. The number of rotatable bonds is 6.